The lowest BCUT2D eigenvalue weighted by Gasteiger charge is -2.15. The highest BCUT2D eigenvalue weighted by Crippen LogP contribution is 2.40. The van der Waals surface area contributed by atoms with Gasteiger partial charge in [0.15, 0.2) is 17.5 Å². The smallest absolute Gasteiger partial charge is 0.330 e. The van der Waals surface area contributed by atoms with Crippen LogP contribution in [0.15, 0.2) is 30.3 Å². The molecule has 0 aliphatic rings. The number of nitrogens with zero attached hydrogens (tertiary/aromatic N) is 3. The summed E-state index contributed by atoms with van der Waals surface area (Å²) in [5.41, 5.74) is 1.33. The predicted octanol–water partition coefficient (Wildman–Crippen LogP) is 6.16. The van der Waals surface area contributed by atoms with Crippen molar-refractivity contribution in [2.75, 3.05) is 6.61 Å². The van der Waals surface area contributed by atoms with E-state index in [9.17, 15) is 4.79 Å². The fourth-order valence-electron chi connectivity index (χ4n) is 1.92. The first kappa shape index (κ1) is 23.5. The zero-order valence-electron chi connectivity index (χ0n) is 14.3. The van der Waals surface area contributed by atoms with E-state index >= 15 is 0 Å². The molecule has 0 radical (unpaired) electrons. The Kier molecular flexibility index (Phi) is 8.20. The number of esters is 1. The normalized spacial score (nSPS) is 12.4. The number of benzene rings is 1. The molecule has 0 unspecified atom stereocenters. The standard InChI is InChI=1S/C17H13Cl6N3O2/c1-2-9-28-12(27)8-5-10-3-6-11(7-4-10)13-24-14(16(18,19)20)26-15(25-13)17(21,22)23/h3-8H,2,9H2,1H3/b8-5+. The molecule has 0 atom stereocenters. The molecule has 0 amide bonds. The van der Waals surface area contributed by atoms with Gasteiger partial charge in [0.2, 0.25) is 7.59 Å². The highest BCUT2D eigenvalue weighted by atomic mass is 35.6. The summed E-state index contributed by atoms with van der Waals surface area (Å²) < 4.78 is 1.11. The quantitative estimate of drug-likeness (QED) is 0.278. The van der Waals surface area contributed by atoms with Crippen LogP contribution in [0.4, 0.5) is 0 Å². The second-order valence-electron chi connectivity index (χ2n) is 5.42. The molecule has 28 heavy (non-hydrogen) atoms. The number of rotatable bonds is 5. The van der Waals surface area contributed by atoms with E-state index in [0.717, 1.165) is 12.0 Å². The van der Waals surface area contributed by atoms with Crippen molar-refractivity contribution in [2.45, 2.75) is 20.9 Å². The topological polar surface area (TPSA) is 65.0 Å². The largest absolute Gasteiger partial charge is 0.463 e. The van der Waals surface area contributed by atoms with E-state index in [0.29, 0.717) is 12.2 Å². The van der Waals surface area contributed by atoms with Crippen molar-refractivity contribution in [3.05, 3.63) is 47.6 Å². The van der Waals surface area contributed by atoms with Crippen LogP contribution in [-0.4, -0.2) is 27.5 Å². The van der Waals surface area contributed by atoms with Crippen molar-refractivity contribution < 1.29 is 9.53 Å². The van der Waals surface area contributed by atoms with Crippen LogP contribution in [0, 0.1) is 0 Å². The minimum Gasteiger partial charge on any atom is -0.463 e. The van der Waals surface area contributed by atoms with Crippen molar-refractivity contribution >= 4 is 81.7 Å². The molecular weight excluding hydrogens is 491 g/mol. The number of ether oxygens (including phenoxy) is 1. The number of hydrogen-bond acceptors (Lipinski definition) is 5. The number of carbonyl (C=O) groups is 1. The average Bonchev–Trinajstić information content (AvgIpc) is 2.63. The third-order valence-electron chi connectivity index (χ3n) is 3.17. The Balaban J connectivity index is 2.32. The molecule has 0 spiro atoms. The Labute approximate surface area is 191 Å². The van der Waals surface area contributed by atoms with Crippen molar-refractivity contribution in [3.8, 4) is 11.4 Å². The summed E-state index contributed by atoms with van der Waals surface area (Å²) in [4.78, 5) is 23.7. The van der Waals surface area contributed by atoms with Gasteiger partial charge in [-0.1, -0.05) is 101 Å². The molecule has 1 aromatic heterocycles. The Morgan fingerprint density at radius 2 is 1.50 bits per heavy atom. The summed E-state index contributed by atoms with van der Waals surface area (Å²) >= 11 is 35.2. The highest BCUT2D eigenvalue weighted by Gasteiger charge is 2.33. The zero-order valence-corrected chi connectivity index (χ0v) is 18.8. The molecule has 2 aromatic rings. The molecule has 0 fully saturated rings. The van der Waals surface area contributed by atoms with E-state index in [-0.39, 0.29) is 17.5 Å². The van der Waals surface area contributed by atoms with Gasteiger partial charge in [0, 0.05) is 11.6 Å². The minimum atomic E-state index is -1.93. The molecular formula is C17H13Cl6N3O2. The van der Waals surface area contributed by atoms with Crippen LogP contribution in [0.1, 0.15) is 30.6 Å². The van der Waals surface area contributed by atoms with E-state index in [1.807, 2.05) is 6.92 Å². The summed E-state index contributed by atoms with van der Waals surface area (Å²) in [7, 11) is 0. The second-order valence-corrected chi connectivity index (χ2v) is 9.99. The first-order valence-electron chi connectivity index (χ1n) is 7.86. The monoisotopic (exact) mass is 501 g/mol. The van der Waals surface area contributed by atoms with Crippen LogP contribution in [0.25, 0.3) is 17.5 Å². The molecule has 0 N–H and O–H groups in total. The average molecular weight is 504 g/mol. The van der Waals surface area contributed by atoms with Crippen LogP contribution >= 0.6 is 69.6 Å². The van der Waals surface area contributed by atoms with Gasteiger partial charge in [-0.05, 0) is 18.1 Å². The summed E-state index contributed by atoms with van der Waals surface area (Å²) in [6.07, 6.45) is 3.72. The van der Waals surface area contributed by atoms with Crippen LogP contribution < -0.4 is 0 Å². The molecule has 1 heterocycles. The maximum absolute atomic E-state index is 11.5. The molecule has 0 aliphatic heterocycles. The molecule has 150 valence electrons. The van der Waals surface area contributed by atoms with Gasteiger partial charge < -0.3 is 4.74 Å². The van der Waals surface area contributed by atoms with Gasteiger partial charge in [0.05, 0.1) is 6.61 Å². The number of halogens is 6. The predicted molar refractivity (Wildman–Crippen MR) is 114 cm³/mol. The SMILES string of the molecule is CCCOC(=O)/C=C/c1ccc(-c2nc(C(Cl)(Cl)Cl)nc(C(Cl)(Cl)Cl)n2)cc1. The molecule has 0 aliphatic carbocycles. The number of hydrogen-bond donors (Lipinski definition) is 0. The van der Waals surface area contributed by atoms with E-state index in [4.69, 9.17) is 74.3 Å². The maximum Gasteiger partial charge on any atom is 0.330 e. The lowest BCUT2D eigenvalue weighted by atomic mass is 10.1. The maximum atomic E-state index is 11.5. The third kappa shape index (κ3) is 6.90. The molecule has 0 saturated carbocycles. The first-order valence-corrected chi connectivity index (χ1v) is 10.1. The lowest BCUT2D eigenvalue weighted by Crippen LogP contribution is -2.16. The zero-order chi connectivity index (χ0) is 20.9. The lowest BCUT2D eigenvalue weighted by molar-refractivity contribution is -0.137. The van der Waals surface area contributed by atoms with Crippen LogP contribution in [-0.2, 0) is 17.1 Å². The Hall–Kier alpha value is -0.820. The van der Waals surface area contributed by atoms with E-state index < -0.39 is 13.6 Å². The van der Waals surface area contributed by atoms with Crippen LogP contribution in [0.2, 0.25) is 0 Å². The molecule has 0 bridgehead atoms. The van der Waals surface area contributed by atoms with Crippen LogP contribution in [0.5, 0.6) is 0 Å². The molecule has 0 saturated heterocycles. The van der Waals surface area contributed by atoms with Gasteiger partial charge in [-0.2, -0.15) is 0 Å². The van der Waals surface area contributed by atoms with Gasteiger partial charge >= 0.3 is 5.97 Å². The van der Waals surface area contributed by atoms with Crippen molar-refractivity contribution in [3.63, 3.8) is 0 Å². The van der Waals surface area contributed by atoms with E-state index in [2.05, 4.69) is 15.0 Å². The molecule has 5 nitrogen and oxygen atoms in total. The number of aromatic nitrogens is 3. The Morgan fingerprint density at radius 3 is 1.96 bits per heavy atom. The summed E-state index contributed by atoms with van der Waals surface area (Å²) in [5.74, 6) is -0.600. The molecule has 1 aromatic carbocycles. The second kappa shape index (κ2) is 9.79. The first-order chi connectivity index (χ1) is 13.0. The van der Waals surface area contributed by atoms with Gasteiger partial charge in [-0.15, -0.1) is 0 Å². The highest BCUT2D eigenvalue weighted by molar-refractivity contribution is 6.67. The molecule has 2 rings (SSSR count). The van der Waals surface area contributed by atoms with Gasteiger partial charge in [0.25, 0.3) is 0 Å². The Bertz CT molecular complexity index is 828. The Morgan fingerprint density at radius 1 is 0.964 bits per heavy atom. The van der Waals surface area contributed by atoms with Crippen molar-refractivity contribution in [2.24, 2.45) is 0 Å². The summed E-state index contributed by atoms with van der Waals surface area (Å²) in [6, 6.07) is 6.90. The number of carbonyl (C=O) groups excluding carboxylic acids is 1. The van der Waals surface area contributed by atoms with Crippen molar-refractivity contribution in [1.82, 2.24) is 15.0 Å². The fraction of sp³-hybridized carbons (Fsp3) is 0.294. The minimum absolute atomic E-state index is 0.163. The number of alkyl halides is 6. The van der Waals surface area contributed by atoms with Crippen LogP contribution in [0.3, 0.4) is 0 Å². The third-order valence-corrected chi connectivity index (χ3v) is 4.19. The van der Waals surface area contributed by atoms with Crippen molar-refractivity contribution in [1.29, 1.82) is 0 Å². The van der Waals surface area contributed by atoms with E-state index in [1.165, 1.54) is 6.08 Å². The van der Waals surface area contributed by atoms with Gasteiger partial charge in [0.1, 0.15) is 0 Å². The summed E-state index contributed by atoms with van der Waals surface area (Å²) in [6.45, 7) is 2.29. The molecule has 11 heteroatoms. The van der Waals surface area contributed by atoms with Gasteiger partial charge in [-0.25, -0.2) is 19.7 Å². The summed E-state index contributed by atoms with van der Waals surface area (Å²) in [5, 5.41) is 0. The van der Waals surface area contributed by atoms with Gasteiger partial charge in [-0.3, -0.25) is 0 Å². The fourth-order valence-corrected chi connectivity index (χ4v) is 2.42. The van der Waals surface area contributed by atoms with E-state index in [1.54, 1.807) is 30.3 Å².